The highest BCUT2D eigenvalue weighted by Gasteiger charge is 2.19. The van der Waals surface area contributed by atoms with Crippen LogP contribution >= 0.6 is 0 Å². The molecule has 116 valence electrons. The van der Waals surface area contributed by atoms with E-state index in [2.05, 4.69) is 17.4 Å². The lowest BCUT2D eigenvalue weighted by Crippen LogP contribution is -2.26. The van der Waals surface area contributed by atoms with E-state index >= 15 is 0 Å². The van der Waals surface area contributed by atoms with Crippen molar-refractivity contribution in [2.45, 2.75) is 44.2 Å². The molecule has 1 aromatic carbocycles. The summed E-state index contributed by atoms with van der Waals surface area (Å²) in [5.74, 6) is 1.68. The van der Waals surface area contributed by atoms with Gasteiger partial charge >= 0.3 is 0 Å². The van der Waals surface area contributed by atoms with Crippen LogP contribution in [-0.2, 0) is 4.74 Å². The lowest BCUT2D eigenvalue weighted by Gasteiger charge is -2.26. The zero-order valence-electron chi connectivity index (χ0n) is 12.8. The molecule has 0 amide bonds. The van der Waals surface area contributed by atoms with Crippen molar-refractivity contribution in [2.24, 2.45) is 0 Å². The van der Waals surface area contributed by atoms with Gasteiger partial charge in [-0.3, -0.25) is 0 Å². The summed E-state index contributed by atoms with van der Waals surface area (Å²) in [5, 5.41) is 3.34. The van der Waals surface area contributed by atoms with Gasteiger partial charge in [0.1, 0.15) is 13.2 Å². The number of hydrogen-bond acceptors (Lipinski definition) is 4. The minimum Gasteiger partial charge on any atom is -0.486 e. The Balaban J connectivity index is 1.62. The van der Waals surface area contributed by atoms with Crippen molar-refractivity contribution in [1.29, 1.82) is 0 Å². The Labute approximate surface area is 126 Å². The van der Waals surface area contributed by atoms with Crippen molar-refractivity contribution in [3.63, 3.8) is 0 Å². The van der Waals surface area contributed by atoms with E-state index in [9.17, 15) is 0 Å². The van der Waals surface area contributed by atoms with Gasteiger partial charge in [-0.15, -0.1) is 0 Å². The van der Waals surface area contributed by atoms with Gasteiger partial charge in [0.2, 0.25) is 0 Å². The summed E-state index contributed by atoms with van der Waals surface area (Å²) < 4.78 is 17.3. The van der Waals surface area contributed by atoms with E-state index in [1.54, 1.807) is 0 Å². The third kappa shape index (κ3) is 3.69. The first-order valence-corrected chi connectivity index (χ1v) is 8.05. The van der Waals surface area contributed by atoms with E-state index in [-0.39, 0.29) is 6.04 Å². The second-order valence-electron chi connectivity index (χ2n) is 5.84. The zero-order chi connectivity index (χ0) is 14.5. The van der Waals surface area contributed by atoms with Gasteiger partial charge in [-0.2, -0.15) is 0 Å². The third-order valence-corrected chi connectivity index (χ3v) is 4.37. The molecule has 1 atom stereocenters. The van der Waals surface area contributed by atoms with Crippen molar-refractivity contribution in [3.8, 4) is 11.5 Å². The molecule has 1 saturated carbocycles. The first kappa shape index (κ1) is 14.7. The van der Waals surface area contributed by atoms with Crippen LogP contribution in [-0.4, -0.2) is 33.0 Å². The molecule has 0 spiro atoms. The average molecular weight is 291 g/mol. The fourth-order valence-electron chi connectivity index (χ4n) is 3.09. The van der Waals surface area contributed by atoms with Crippen LogP contribution in [0.25, 0.3) is 0 Å². The summed E-state index contributed by atoms with van der Waals surface area (Å²) >= 11 is 0. The number of hydrogen-bond donors (Lipinski definition) is 1. The molecule has 1 aliphatic carbocycles. The van der Waals surface area contributed by atoms with Crippen molar-refractivity contribution in [3.05, 3.63) is 23.8 Å². The zero-order valence-corrected chi connectivity index (χ0v) is 12.8. The van der Waals surface area contributed by atoms with Crippen molar-refractivity contribution < 1.29 is 14.2 Å². The highest BCUT2D eigenvalue weighted by atomic mass is 16.6. The van der Waals surface area contributed by atoms with Crippen molar-refractivity contribution in [1.82, 2.24) is 5.32 Å². The topological polar surface area (TPSA) is 39.7 Å². The molecule has 4 nitrogen and oxygen atoms in total. The fourth-order valence-corrected chi connectivity index (χ4v) is 3.09. The molecule has 3 rings (SSSR count). The maximum atomic E-state index is 6.10. The molecule has 1 unspecified atom stereocenters. The molecule has 1 fully saturated rings. The van der Waals surface area contributed by atoms with E-state index in [1.807, 2.05) is 13.1 Å². The normalized spacial score (nSPS) is 20.2. The van der Waals surface area contributed by atoms with Gasteiger partial charge in [-0.05, 0) is 37.6 Å². The summed E-state index contributed by atoms with van der Waals surface area (Å²) in [6, 6.07) is 6.36. The Kier molecular flexibility index (Phi) is 4.99. The first-order chi connectivity index (χ1) is 10.4. The van der Waals surface area contributed by atoms with Crippen LogP contribution in [0.5, 0.6) is 11.5 Å². The molecule has 1 aromatic rings. The maximum Gasteiger partial charge on any atom is 0.161 e. The van der Waals surface area contributed by atoms with Crippen molar-refractivity contribution in [2.75, 3.05) is 26.9 Å². The minimum absolute atomic E-state index is 0.197. The summed E-state index contributed by atoms with van der Waals surface area (Å²) in [6.07, 6.45) is 6.82. The summed E-state index contributed by atoms with van der Waals surface area (Å²) in [6.45, 7) is 1.96. The van der Waals surface area contributed by atoms with Gasteiger partial charge in [-0.1, -0.05) is 25.3 Å². The Morgan fingerprint density at radius 3 is 2.67 bits per heavy atom. The van der Waals surface area contributed by atoms with Crippen LogP contribution in [0.4, 0.5) is 0 Å². The van der Waals surface area contributed by atoms with Crippen LogP contribution in [0, 0.1) is 0 Å². The smallest absolute Gasteiger partial charge is 0.161 e. The van der Waals surface area contributed by atoms with Gasteiger partial charge in [0.05, 0.1) is 18.8 Å². The van der Waals surface area contributed by atoms with E-state index in [1.165, 1.54) is 37.7 Å². The maximum absolute atomic E-state index is 6.10. The van der Waals surface area contributed by atoms with Gasteiger partial charge in [-0.25, -0.2) is 0 Å². The lowest BCUT2D eigenvalue weighted by molar-refractivity contribution is 0.0165. The first-order valence-electron chi connectivity index (χ1n) is 8.05. The molecule has 0 radical (unpaired) electrons. The Hall–Kier alpha value is -1.26. The SMILES string of the molecule is CNC(COC1CCCCC1)c1ccc2c(c1)OCCO2. The predicted molar refractivity (Wildman–Crippen MR) is 82.1 cm³/mol. The van der Waals surface area contributed by atoms with Crippen LogP contribution in [0.3, 0.4) is 0 Å². The largest absolute Gasteiger partial charge is 0.486 e. The lowest BCUT2D eigenvalue weighted by atomic mass is 9.97. The second-order valence-corrected chi connectivity index (χ2v) is 5.84. The molecule has 1 N–H and O–H groups in total. The van der Waals surface area contributed by atoms with E-state index in [4.69, 9.17) is 14.2 Å². The number of rotatable bonds is 5. The molecular formula is C17H25NO3. The third-order valence-electron chi connectivity index (χ3n) is 4.37. The second kappa shape index (κ2) is 7.14. The quantitative estimate of drug-likeness (QED) is 0.905. The Morgan fingerprint density at radius 1 is 1.14 bits per heavy atom. The van der Waals surface area contributed by atoms with Gasteiger partial charge in [0, 0.05) is 0 Å². The molecule has 2 aliphatic rings. The van der Waals surface area contributed by atoms with Crippen LogP contribution < -0.4 is 14.8 Å². The summed E-state index contributed by atoms with van der Waals surface area (Å²) in [5.41, 5.74) is 1.19. The number of fused-ring (bicyclic) bond motifs is 1. The molecule has 1 heterocycles. The fraction of sp³-hybridized carbons (Fsp3) is 0.647. The molecule has 0 aromatic heterocycles. The minimum atomic E-state index is 0.197. The summed E-state index contributed by atoms with van der Waals surface area (Å²) in [7, 11) is 1.98. The van der Waals surface area contributed by atoms with Crippen LogP contribution in [0.15, 0.2) is 18.2 Å². The molecule has 4 heteroatoms. The van der Waals surface area contributed by atoms with Gasteiger partial charge in [0.15, 0.2) is 11.5 Å². The van der Waals surface area contributed by atoms with E-state index in [0.29, 0.717) is 25.9 Å². The van der Waals surface area contributed by atoms with Crippen LogP contribution in [0.2, 0.25) is 0 Å². The highest BCUT2D eigenvalue weighted by Crippen LogP contribution is 2.33. The van der Waals surface area contributed by atoms with E-state index in [0.717, 1.165) is 11.5 Å². The van der Waals surface area contributed by atoms with E-state index < -0.39 is 0 Å². The molecule has 1 aliphatic heterocycles. The predicted octanol–water partition coefficient (Wildman–Crippen LogP) is 3.07. The van der Waals surface area contributed by atoms with Crippen LogP contribution in [0.1, 0.15) is 43.7 Å². The number of ether oxygens (including phenoxy) is 3. The highest BCUT2D eigenvalue weighted by molar-refractivity contribution is 5.44. The number of nitrogens with one attached hydrogen (secondary N) is 1. The molecule has 0 bridgehead atoms. The average Bonchev–Trinajstić information content (AvgIpc) is 2.56. The molecule has 21 heavy (non-hydrogen) atoms. The standard InChI is InChI=1S/C17H25NO3/c1-18-15(12-21-14-5-3-2-4-6-14)13-7-8-16-17(11-13)20-10-9-19-16/h7-8,11,14-15,18H,2-6,9-10,12H2,1H3. The Morgan fingerprint density at radius 2 is 1.90 bits per heavy atom. The van der Waals surface area contributed by atoms with Gasteiger partial charge < -0.3 is 19.5 Å². The van der Waals surface area contributed by atoms with Crippen molar-refractivity contribution >= 4 is 0 Å². The number of likely N-dealkylation sites (N-methyl/N-ethyl adjacent to an activating group) is 1. The molecule has 0 saturated heterocycles. The number of benzene rings is 1. The Bertz CT molecular complexity index is 457. The molecular weight excluding hydrogens is 266 g/mol. The summed E-state index contributed by atoms with van der Waals surface area (Å²) in [4.78, 5) is 0. The van der Waals surface area contributed by atoms with Gasteiger partial charge in [0.25, 0.3) is 0 Å². The monoisotopic (exact) mass is 291 g/mol.